The van der Waals surface area contributed by atoms with Crippen LogP contribution in [0.2, 0.25) is 0 Å². The molecule has 0 bridgehead atoms. The second-order valence-corrected chi connectivity index (χ2v) is 6.95. The van der Waals surface area contributed by atoms with E-state index in [-0.39, 0.29) is 23.5 Å². The van der Waals surface area contributed by atoms with Crippen LogP contribution < -0.4 is 5.73 Å². The number of alkyl halides is 2. The molecule has 128 valence electrons. The van der Waals surface area contributed by atoms with Crippen LogP contribution in [0, 0.1) is 0 Å². The minimum absolute atomic E-state index is 0.0235. The number of nitrogen functional groups attached to an aromatic ring is 1. The molecule has 1 aromatic carbocycles. The minimum Gasteiger partial charge on any atom is -0.396 e. The number of nitrogens with two attached hydrogens (primary N) is 1. The van der Waals surface area contributed by atoms with Crippen LogP contribution in [0.4, 0.5) is 14.5 Å². The summed E-state index contributed by atoms with van der Waals surface area (Å²) >= 11 is 1.09. The number of hydrogen-bond acceptors (Lipinski definition) is 5. The van der Waals surface area contributed by atoms with Gasteiger partial charge in [0, 0.05) is 18.5 Å². The number of thiophene rings is 1. The van der Waals surface area contributed by atoms with Gasteiger partial charge < -0.3 is 10.6 Å². The average Bonchev–Trinajstić information content (AvgIpc) is 3.14. The van der Waals surface area contributed by atoms with E-state index in [1.807, 2.05) is 30.3 Å². The van der Waals surface area contributed by atoms with E-state index in [1.165, 1.54) is 0 Å². The van der Waals surface area contributed by atoms with Crippen molar-refractivity contribution in [3.63, 3.8) is 0 Å². The number of rotatable bonds is 2. The highest BCUT2D eigenvalue weighted by molar-refractivity contribution is 7.21. The van der Waals surface area contributed by atoms with Crippen molar-refractivity contribution >= 4 is 33.3 Å². The number of hydrogen-bond donors (Lipinski definition) is 1. The maximum Gasteiger partial charge on any atom is 0.267 e. The zero-order chi connectivity index (χ0) is 17.6. The molecular formula is C17H14F2N4OS. The van der Waals surface area contributed by atoms with E-state index in [2.05, 4.69) is 9.97 Å². The van der Waals surface area contributed by atoms with E-state index < -0.39 is 18.4 Å². The van der Waals surface area contributed by atoms with Crippen LogP contribution in [0.25, 0.3) is 21.6 Å². The summed E-state index contributed by atoms with van der Waals surface area (Å²) in [6, 6.07) is 9.51. The van der Waals surface area contributed by atoms with Gasteiger partial charge in [0.25, 0.3) is 11.8 Å². The van der Waals surface area contributed by atoms with Gasteiger partial charge in [-0.1, -0.05) is 30.3 Å². The number of fused-ring (bicyclic) bond motifs is 1. The zero-order valence-corrected chi connectivity index (χ0v) is 13.9. The Morgan fingerprint density at radius 3 is 2.72 bits per heavy atom. The predicted octanol–water partition coefficient (Wildman–Crippen LogP) is 3.42. The van der Waals surface area contributed by atoms with Gasteiger partial charge in [0.2, 0.25) is 0 Å². The van der Waals surface area contributed by atoms with E-state index in [0.717, 1.165) is 21.8 Å². The monoisotopic (exact) mass is 360 g/mol. The molecule has 0 saturated carbocycles. The van der Waals surface area contributed by atoms with Crippen molar-refractivity contribution in [2.24, 2.45) is 0 Å². The number of amides is 1. The van der Waals surface area contributed by atoms with Gasteiger partial charge in [-0.05, 0) is 0 Å². The van der Waals surface area contributed by atoms with Gasteiger partial charge in [0.1, 0.15) is 15.2 Å². The third-order valence-corrected chi connectivity index (χ3v) is 5.24. The van der Waals surface area contributed by atoms with Crippen molar-refractivity contribution in [2.45, 2.75) is 12.3 Å². The average molecular weight is 360 g/mol. The summed E-state index contributed by atoms with van der Waals surface area (Å²) in [6.07, 6.45) is 1.28. The largest absolute Gasteiger partial charge is 0.396 e. The van der Waals surface area contributed by atoms with Gasteiger partial charge in [-0.15, -0.1) is 11.3 Å². The second kappa shape index (κ2) is 5.73. The lowest BCUT2D eigenvalue weighted by Gasteiger charge is -2.15. The van der Waals surface area contributed by atoms with Crippen LogP contribution >= 0.6 is 11.3 Å². The summed E-state index contributed by atoms with van der Waals surface area (Å²) in [5, 5.41) is 0. The number of aromatic nitrogens is 2. The molecule has 0 atom stereocenters. The standard InChI is InChI=1S/C17H14F2N4OS/c18-17(19)6-7-23(9-17)16(24)14-12(20)13-15(25-14)22-11(8-21-13)10-4-2-1-3-5-10/h1-5,8H,6-7,9,20H2. The van der Waals surface area contributed by atoms with Crippen molar-refractivity contribution in [3.05, 3.63) is 41.4 Å². The SMILES string of the molecule is Nc1c(C(=O)N2CCC(F)(F)C2)sc2nc(-c3ccccc3)cnc12. The van der Waals surface area contributed by atoms with Crippen molar-refractivity contribution in [2.75, 3.05) is 18.8 Å². The maximum absolute atomic E-state index is 13.4. The summed E-state index contributed by atoms with van der Waals surface area (Å²) in [5.74, 6) is -3.32. The molecule has 0 spiro atoms. The normalized spacial score (nSPS) is 16.5. The molecule has 1 aliphatic heterocycles. The molecule has 1 saturated heterocycles. The molecule has 2 N–H and O–H groups in total. The highest BCUT2D eigenvalue weighted by atomic mass is 32.1. The molecule has 0 aliphatic carbocycles. The molecule has 1 amide bonds. The summed E-state index contributed by atoms with van der Waals surface area (Å²) in [5.41, 5.74) is 8.23. The van der Waals surface area contributed by atoms with E-state index in [9.17, 15) is 13.6 Å². The van der Waals surface area contributed by atoms with E-state index >= 15 is 0 Å². The molecule has 25 heavy (non-hydrogen) atoms. The maximum atomic E-state index is 13.4. The van der Waals surface area contributed by atoms with Crippen molar-refractivity contribution in [1.29, 1.82) is 0 Å². The fourth-order valence-corrected chi connectivity index (χ4v) is 3.87. The fraction of sp³-hybridized carbons (Fsp3) is 0.235. The molecule has 4 rings (SSSR count). The number of nitrogens with zero attached hydrogens (tertiary/aromatic N) is 3. The molecule has 1 fully saturated rings. The van der Waals surface area contributed by atoms with E-state index in [4.69, 9.17) is 5.73 Å². The second-order valence-electron chi connectivity index (χ2n) is 5.95. The first-order valence-corrected chi connectivity index (χ1v) is 8.54. The summed E-state index contributed by atoms with van der Waals surface area (Å²) in [6.45, 7) is -0.550. The van der Waals surface area contributed by atoms with Gasteiger partial charge in [0.15, 0.2) is 0 Å². The molecular weight excluding hydrogens is 346 g/mol. The van der Waals surface area contributed by atoms with Crippen LogP contribution in [0.3, 0.4) is 0 Å². The lowest BCUT2D eigenvalue weighted by Crippen LogP contribution is -2.31. The number of carbonyl (C=O) groups is 1. The van der Waals surface area contributed by atoms with Crippen molar-refractivity contribution in [1.82, 2.24) is 14.9 Å². The van der Waals surface area contributed by atoms with Gasteiger partial charge in [-0.3, -0.25) is 4.79 Å². The van der Waals surface area contributed by atoms with Crippen LogP contribution in [0.15, 0.2) is 36.5 Å². The van der Waals surface area contributed by atoms with Crippen LogP contribution in [-0.4, -0.2) is 39.8 Å². The number of carbonyl (C=O) groups excluding carboxylic acids is 1. The zero-order valence-electron chi connectivity index (χ0n) is 13.1. The first-order chi connectivity index (χ1) is 11.9. The first-order valence-electron chi connectivity index (χ1n) is 7.72. The Bertz CT molecular complexity index is 958. The molecule has 3 aromatic rings. The summed E-state index contributed by atoms with van der Waals surface area (Å²) < 4.78 is 26.7. The van der Waals surface area contributed by atoms with Gasteiger partial charge in [-0.25, -0.2) is 18.7 Å². The Kier molecular flexibility index (Phi) is 3.64. The number of benzene rings is 1. The molecule has 3 heterocycles. The van der Waals surface area contributed by atoms with E-state index in [1.54, 1.807) is 6.20 Å². The van der Waals surface area contributed by atoms with Crippen LogP contribution in [0.5, 0.6) is 0 Å². The van der Waals surface area contributed by atoms with Gasteiger partial charge >= 0.3 is 0 Å². The Balaban J connectivity index is 1.71. The molecule has 1 aliphatic rings. The summed E-state index contributed by atoms with van der Waals surface area (Å²) in [4.78, 5) is 23.3. The molecule has 8 heteroatoms. The van der Waals surface area contributed by atoms with E-state index in [0.29, 0.717) is 16.0 Å². The van der Waals surface area contributed by atoms with Gasteiger partial charge in [-0.2, -0.15) is 0 Å². The third-order valence-electron chi connectivity index (χ3n) is 4.16. The topological polar surface area (TPSA) is 72.1 Å². The highest BCUT2D eigenvalue weighted by Gasteiger charge is 2.41. The van der Waals surface area contributed by atoms with Crippen LogP contribution in [0.1, 0.15) is 16.1 Å². The van der Waals surface area contributed by atoms with Crippen LogP contribution in [-0.2, 0) is 0 Å². The first kappa shape index (κ1) is 15.9. The Hall–Kier alpha value is -2.61. The number of likely N-dealkylation sites (tertiary alicyclic amines) is 1. The smallest absolute Gasteiger partial charge is 0.267 e. The summed E-state index contributed by atoms with van der Waals surface area (Å²) in [7, 11) is 0. The number of halogens is 2. The Labute approximate surface area is 146 Å². The Morgan fingerprint density at radius 1 is 1.28 bits per heavy atom. The quantitative estimate of drug-likeness (QED) is 0.760. The molecule has 0 radical (unpaired) electrons. The lowest BCUT2D eigenvalue weighted by molar-refractivity contribution is 0.0121. The molecule has 5 nitrogen and oxygen atoms in total. The lowest BCUT2D eigenvalue weighted by atomic mass is 10.2. The van der Waals surface area contributed by atoms with Gasteiger partial charge in [0.05, 0.1) is 24.1 Å². The predicted molar refractivity (Wildman–Crippen MR) is 92.7 cm³/mol. The third kappa shape index (κ3) is 2.82. The van der Waals surface area contributed by atoms with Crippen molar-refractivity contribution < 1.29 is 13.6 Å². The highest BCUT2D eigenvalue weighted by Crippen LogP contribution is 2.35. The fourth-order valence-electron chi connectivity index (χ4n) is 2.85. The van der Waals surface area contributed by atoms with Crippen molar-refractivity contribution in [3.8, 4) is 11.3 Å². The number of anilines is 1. The Morgan fingerprint density at radius 2 is 2.04 bits per heavy atom. The molecule has 0 unspecified atom stereocenters. The minimum atomic E-state index is -2.84. The molecule has 2 aromatic heterocycles.